The van der Waals surface area contributed by atoms with Crippen molar-refractivity contribution in [2.75, 3.05) is 5.32 Å². The molecule has 1 aliphatic rings. The molecule has 2 rings (SSSR count). The monoisotopic (exact) mass is 294 g/mol. The molecule has 1 fully saturated rings. The molecule has 7 heteroatoms. The number of aromatic nitrogens is 2. The van der Waals surface area contributed by atoms with Crippen LogP contribution in [-0.2, 0) is 0 Å². The van der Waals surface area contributed by atoms with Gasteiger partial charge >= 0.3 is 5.97 Å². The van der Waals surface area contributed by atoms with Crippen molar-refractivity contribution < 1.29 is 9.90 Å². The van der Waals surface area contributed by atoms with Crippen molar-refractivity contribution in [3.63, 3.8) is 0 Å². The predicted molar refractivity (Wildman–Crippen MR) is 73.6 cm³/mol. The van der Waals surface area contributed by atoms with Gasteiger partial charge in [0.05, 0.1) is 11.5 Å². The van der Waals surface area contributed by atoms with Crippen molar-refractivity contribution in [3.05, 3.63) is 17.0 Å². The van der Waals surface area contributed by atoms with Crippen LogP contribution in [0.1, 0.15) is 43.0 Å². The summed E-state index contributed by atoms with van der Waals surface area (Å²) in [5.74, 6) is -0.857. The summed E-state index contributed by atoms with van der Waals surface area (Å²) in [5, 5.41) is 21.3. The van der Waals surface area contributed by atoms with Crippen LogP contribution < -0.4 is 5.32 Å². The van der Waals surface area contributed by atoms with Crippen molar-refractivity contribution in [1.82, 2.24) is 9.97 Å². The Kier molecular flexibility index (Phi) is 4.09. The first-order chi connectivity index (χ1) is 9.43. The van der Waals surface area contributed by atoms with Gasteiger partial charge in [0.1, 0.15) is 11.4 Å². The largest absolute Gasteiger partial charge is 0.477 e. The lowest BCUT2D eigenvalue weighted by molar-refractivity contribution is 0.0697. The summed E-state index contributed by atoms with van der Waals surface area (Å²) in [7, 11) is 0. The third-order valence-corrected chi connectivity index (χ3v) is 3.87. The Balaban J connectivity index is 2.10. The predicted octanol–water partition coefficient (Wildman–Crippen LogP) is 2.71. The molecule has 0 saturated heterocycles. The molecule has 1 heterocycles. The van der Waals surface area contributed by atoms with Gasteiger partial charge in [0.25, 0.3) is 0 Å². The van der Waals surface area contributed by atoms with E-state index in [1.54, 1.807) is 0 Å². The number of aromatic carboxylic acids is 1. The van der Waals surface area contributed by atoms with Gasteiger partial charge in [-0.3, -0.25) is 0 Å². The van der Waals surface area contributed by atoms with Gasteiger partial charge in [-0.15, -0.1) is 0 Å². The van der Waals surface area contributed by atoms with Crippen LogP contribution in [0.15, 0.2) is 6.20 Å². The standard InChI is InChI=1S/C13H15ClN4O2/c1-13(7-15)4-2-8(3-5-13)17-10-9(11(19)20)6-16-12(14)18-10/h6,8H,2-5H2,1H3,(H,19,20)(H,16,17,18). The fraction of sp³-hybridized carbons (Fsp3) is 0.538. The van der Waals surface area contributed by atoms with Crippen LogP contribution in [-0.4, -0.2) is 27.1 Å². The van der Waals surface area contributed by atoms with Crippen LogP contribution in [0.25, 0.3) is 0 Å². The molecule has 6 nitrogen and oxygen atoms in total. The van der Waals surface area contributed by atoms with E-state index in [0.717, 1.165) is 25.7 Å². The number of nitrogens with one attached hydrogen (secondary N) is 1. The lowest BCUT2D eigenvalue weighted by Crippen LogP contribution is -2.31. The second-order valence-electron chi connectivity index (χ2n) is 5.30. The number of anilines is 1. The van der Waals surface area contributed by atoms with E-state index in [0.29, 0.717) is 0 Å². The molecule has 0 amide bonds. The highest BCUT2D eigenvalue weighted by Gasteiger charge is 2.31. The minimum Gasteiger partial charge on any atom is -0.477 e. The summed E-state index contributed by atoms with van der Waals surface area (Å²) in [6.45, 7) is 1.95. The van der Waals surface area contributed by atoms with Crippen LogP contribution in [0.5, 0.6) is 0 Å². The Morgan fingerprint density at radius 2 is 2.25 bits per heavy atom. The molecule has 0 radical (unpaired) electrons. The van der Waals surface area contributed by atoms with E-state index in [9.17, 15) is 4.79 Å². The number of rotatable bonds is 3. The average molecular weight is 295 g/mol. The topological polar surface area (TPSA) is 98.9 Å². The molecule has 0 bridgehead atoms. The quantitative estimate of drug-likeness (QED) is 0.832. The maximum atomic E-state index is 11.1. The Morgan fingerprint density at radius 1 is 1.60 bits per heavy atom. The third-order valence-electron chi connectivity index (χ3n) is 3.69. The van der Waals surface area contributed by atoms with Crippen LogP contribution in [0.4, 0.5) is 5.82 Å². The lowest BCUT2D eigenvalue weighted by Gasteiger charge is -2.32. The van der Waals surface area contributed by atoms with Crippen molar-refractivity contribution in [2.24, 2.45) is 5.41 Å². The summed E-state index contributed by atoms with van der Waals surface area (Å²) in [6.07, 6.45) is 4.35. The van der Waals surface area contributed by atoms with Crippen LogP contribution in [0.3, 0.4) is 0 Å². The Bertz CT molecular complexity index is 562. The number of carbonyl (C=O) groups is 1. The summed E-state index contributed by atoms with van der Waals surface area (Å²) >= 11 is 5.71. The maximum Gasteiger partial charge on any atom is 0.341 e. The first-order valence-corrected chi connectivity index (χ1v) is 6.75. The average Bonchev–Trinajstić information content (AvgIpc) is 2.41. The zero-order valence-corrected chi connectivity index (χ0v) is 11.8. The molecule has 106 valence electrons. The Morgan fingerprint density at radius 3 is 2.80 bits per heavy atom. The number of nitrogens with zero attached hydrogens (tertiary/aromatic N) is 3. The second kappa shape index (κ2) is 5.63. The molecule has 0 atom stereocenters. The lowest BCUT2D eigenvalue weighted by atomic mass is 9.75. The number of carboxylic acid groups (broad SMARTS) is 1. The number of carboxylic acids is 1. The maximum absolute atomic E-state index is 11.1. The van der Waals surface area contributed by atoms with E-state index >= 15 is 0 Å². The van der Waals surface area contributed by atoms with Crippen molar-refractivity contribution in [3.8, 4) is 6.07 Å². The van der Waals surface area contributed by atoms with Crippen molar-refractivity contribution >= 4 is 23.4 Å². The molecule has 20 heavy (non-hydrogen) atoms. The van der Waals surface area contributed by atoms with Gasteiger partial charge in [-0.05, 0) is 44.2 Å². The SMILES string of the molecule is CC1(C#N)CCC(Nc2nc(Cl)ncc2C(=O)O)CC1. The number of hydrogen-bond acceptors (Lipinski definition) is 5. The van der Waals surface area contributed by atoms with Gasteiger partial charge in [0.15, 0.2) is 0 Å². The third kappa shape index (κ3) is 3.17. The van der Waals surface area contributed by atoms with Crippen LogP contribution in [0.2, 0.25) is 5.28 Å². The molecule has 0 unspecified atom stereocenters. The summed E-state index contributed by atoms with van der Waals surface area (Å²) in [5.41, 5.74) is -0.278. The molecule has 0 aliphatic heterocycles. The fourth-order valence-electron chi connectivity index (χ4n) is 2.33. The minimum atomic E-state index is -1.10. The van der Waals surface area contributed by atoms with Crippen LogP contribution >= 0.6 is 11.6 Å². The molecule has 0 spiro atoms. The minimum absolute atomic E-state index is 0.00279. The highest BCUT2D eigenvalue weighted by Crippen LogP contribution is 2.36. The molecular formula is C13H15ClN4O2. The number of hydrogen-bond donors (Lipinski definition) is 2. The summed E-state index contributed by atoms with van der Waals surface area (Å²) < 4.78 is 0. The molecule has 1 aromatic heterocycles. The van der Waals surface area contributed by atoms with E-state index in [2.05, 4.69) is 21.4 Å². The first kappa shape index (κ1) is 14.5. The van der Waals surface area contributed by atoms with E-state index in [4.69, 9.17) is 22.0 Å². The second-order valence-corrected chi connectivity index (χ2v) is 5.64. The van der Waals surface area contributed by atoms with Gasteiger partial charge in [-0.25, -0.2) is 9.78 Å². The molecule has 1 aromatic rings. The fourth-order valence-corrected chi connectivity index (χ4v) is 2.46. The molecule has 2 N–H and O–H groups in total. The van der Waals surface area contributed by atoms with Crippen molar-refractivity contribution in [1.29, 1.82) is 5.26 Å². The zero-order valence-electron chi connectivity index (χ0n) is 11.1. The van der Waals surface area contributed by atoms with Crippen LogP contribution in [0, 0.1) is 16.7 Å². The van der Waals surface area contributed by atoms with E-state index in [1.165, 1.54) is 6.20 Å². The molecular weight excluding hydrogens is 280 g/mol. The van der Waals surface area contributed by atoms with E-state index < -0.39 is 5.97 Å². The highest BCUT2D eigenvalue weighted by molar-refractivity contribution is 6.28. The van der Waals surface area contributed by atoms with Crippen molar-refractivity contribution in [2.45, 2.75) is 38.6 Å². The molecule has 0 aromatic carbocycles. The Hall–Kier alpha value is -1.87. The van der Waals surface area contributed by atoms with E-state index in [1.807, 2.05) is 6.92 Å². The first-order valence-electron chi connectivity index (χ1n) is 6.37. The van der Waals surface area contributed by atoms with Gasteiger partial charge < -0.3 is 10.4 Å². The summed E-state index contributed by atoms with van der Waals surface area (Å²) in [4.78, 5) is 18.7. The molecule has 1 aliphatic carbocycles. The smallest absolute Gasteiger partial charge is 0.341 e. The number of halogens is 1. The zero-order chi connectivity index (χ0) is 14.8. The normalized spacial score (nSPS) is 25.8. The van der Waals surface area contributed by atoms with Gasteiger partial charge in [-0.2, -0.15) is 10.2 Å². The molecule has 1 saturated carbocycles. The van der Waals surface area contributed by atoms with E-state index in [-0.39, 0.29) is 28.1 Å². The van der Waals surface area contributed by atoms with Gasteiger partial charge in [-0.1, -0.05) is 0 Å². The Labute approximate surface area is 121 Å². The van der Waals surface area contributed by atoms with Gasteiger partial charge in [0.2, 0.25) is 5.28 Å². The highest BCUT2D eigenvalue weighted by atomic mass is 35.5. The van der Waals surface area contributed by atoms with Gasteiger partial charge in [0, 0.05) is 12.2 Å². The summed E-state index contributed by atoms with van der Waals surface area (Å²) in [6, 6.07) is 2.43. The number of nitriles is 1.